The number of nitrogens with one attached hydrogen (secondary N) is 2. The van der Waals surface area contributed by atoms with Gasteiger partial charge in [0.25, 0.3) is 0 Å². The van der Waals surface area contributed by atoms with E-state index >= 15 is 0 Å². The van der Waals surface area contributed by atoms with E-state index in [-0.39, 0.29) is 0 Å². The maximum Gasteiger partial charge on any atom is 0.150 e. The van der Waals surface area contributed by atoms with Crippen molar-refractivity contribution in [3.8, 4) is 0 Å². The summed E-state index contributed by atoms with van der Waals surface area (Å²) in [6.45, 7) is 7.53. The molecule has 21 heavy (non-hydrogen) atoms. The molecular weight excluding hydrogens is 260 g/mol. The standard InChI is InChI=1S/C18H32N2O/c21-18-16(14-19-10-3-1-4-11-19)8-7-9-17(18)15-20-12-5-2-6-13-20/h16-17H,1-15H2/p+2/t16-,17+. The predicted molar refractivity (Wildman–Crippen MR) is 84.7 cm³/mol. The van der Waals surface area contributed by atoms with Gasteiger partial charge in [-0.3, -0.25) is 4.79 Å². The molecule has 3 rings (SSSR count). The van der Waals surface area contributed by atoms with Gasteiger partial charge in [0.15, 0.2) is 0 Å². The molecule has 2 aliphatic heterocycles. The van der Waals surface area contributed by atoms with Gasteiger partial charge in [-0.1, -0.05) is 6.42 Å². The van der Waals surface area contributed by atoms with Crippen molar-refractivity contribution in [2.45, 2.75) is 57.8 Å². The molecule has 0 spiro atoms. The van der Waals surface area contributed by atoms with Crippen molar-refractivity contribution in [1.82, 2.24) is 0 Å². The number of likely N-dealkylation sites (tertiary alicyclic amines) is 2. The van der Waals surface area contributed by atoms with Crippen molar-refractivity contribution >= 4 is 5.78 Å². The highest BCUT2D eigenvalue weighted by Crippen LogP contribution is 2.24. The van der Waals surface area contributed by atoms with Crippen LogP contribution in [-0.2, 0) is 4.79 Å². The molecule has 0 radical (unpaired) electrons. The molecule has 3 nitrogen and oxygen atoms in total. The molecule has 0 aromatic rings. The lowest BCUT2D eigenvalue weighted by molar-refractivity contribution is -0.909. The van der Waals surface area contributed by atoms with Gasteiger partial charge >= 0.3 is 0 Å². The van der Waals surface area contributed by atoms with Gasteiger partial charge in [0.2, 0.25) is 0 Å². The SMILES string of the molecule is O=C1[C@@H](C[NH+]2CCCCC2)CCC[C@H]1C[NH+]1CCCCC1. The first kappa shape index (κ1) is 15.5. The Bertz CT molecular complexity index is 302. The molecule has 0 unspecified atom stereocenters. The first-order valence-corrected chi connectivity index (χ1v) is 9.54. The summed E-state index contributed by atoms with van der Waals surface area (Å²) in [7, 11) is 0. The van der Waals surface area contributed by atoms with Crippen LogP contribution in [0.3, 0.4) is 0 Å². The minimum absolute atomic E-state index is 0.390. The number of carbonyl (C=O) groups excluding carboxylic acids is 1. The molecule has 2 saturated heterocycles. The highest BCUT2D eigenvalue weighted by Gasteiger charge is 2.36. The van der Waals surface area contributed by atoms with E-state index in [0.717, 1.165) is 13.1 Å². The number of ketones is 1. The zero-order chi connectivity index (χ0) is 14.5. The Balaban J connectivity index is 1.50. The highest BCUT2D eigenvalue weighted by molar-refractivity contribution is 5.84. The second-order valence-electron chi connectivity index (χ2n) is 7.76. The van der Waals surface area contributed by atoms with Crippen LogP contribution in [0.25, 0.3) is 0 Å². The van der Waals surface area contributed by atoms with E-state index in [4.69, 9.17) is 0 Å². The third-order valence-corrected chi connectivity index (χ3v) is 6.10. The van der Waals surface area contributed by atoms with Crippen LogP contribution in [0.15, 0.2) is 0 Å². The number of hydrogen-bond donors (Lipinski definition) is 2. The fourth-order valence-electron chi connectivity index (χ4n) is 4.84. The molecule has 3 fully saturated rings. The average Bonchev–Trinajstić information content (AvgIpc) is 2.53. The minimum Gasteiger partial charge on any atom is -0.334 e. The second kappa shape index (κ2) is 7.73. The molecule has 1 aliphatic carbocycles. The van der Waals surface area contributed by atoms with E-state index < -0.39 is 0 Å². The van der Waals surface area contributed by atoms with Crippen molar-refractivity contribution in [1.29, 1.82) is 0 Å². The summed E-state index contributed by atoms with van der Waals surface area (Å²) in [5.74, 6) is 1.42. The fraction of sp³-hybridized carbons (Fsp3) is 0.944. The Labute approximate surface area is 130 Å². The Kier molecular flexibility index (Phi) is 5.70. The molecule has 0 bridgehead atoms. The zero-order valence-corrected chi connectivity index (χ0v) is 13.7. The zero-order valence-electron chi connectivity index (χ0n) is 13.7. The molecule has 0 amide bonds. The Morgan fingerprint density at radius 1 is 0.667 bits per heavy atom. The lowest BCUT2D eigenvalue weighted by Gasteiger charge is -2.33. The molecule has 2 heterocycles. The molecule has 2 N–H and O–H groups in total. The lowest BCUT2D eigenvalue weighted by Crippen LogP contribution is -3.14. The van der Waals surface area contributed by atoms with Gasteiger partial charge in [0, 0.05) is 0 Å². The average molecular weight is 294 g/mol. The van der Waals surface area contributed by atoms with Gasteiger partial charge in [-0.25, -0.2) is 0 Å². The Morgan fingerprint density at radius 3 is 1.52 bits per heavy atom. The normalized spacial score (nSPS) is 33.2. The van der Waals surface area contributed by atoms with Crippen molar-refractivity contribution < 1.29 is 14.6 Å². The third kappa shape index (κ3) is 4.29. The van der Waals surface area contributed by atoms with Crippen LogP contribution in [0.2, 0.25) is 0 Å². The maximum atomic E-state index is 12.8. The van der Waals surface area contributed by atoms with Gasteiger partial charge in [-0.05, 0) is 51.4 Å². The number of hydrogen-bond acceptors (Lipinski definition) is 1. The first-order chi connectivity index (χ1) is 10.3. The van der Waals surface area contributed by atoms with Crippen molar-refractivity contribution in [2.75, 3.05) is 39.3 Å². The molecule has 3 heteroatoms. The van der Waals surface area contributed by atoms with E-state index in [9.17, 15) is 4.79 Å². The van der Waals surface area contributed by atoms with Gasteiger partial charge in [-0.2, -0.15) is 0 Å². The number of Topliss-reactive ketones (excluding diaryl/α,β-unsaturated/α-hetero) is 1. The van der Waals surface area contributed by atoms with E-state index in [1.165, 1.54) is 84.0 Å². The number of carbonyl (C=O) groups is 1. The Hall–Kier alpha value is -0.410. The summed E-state index contributed by atoms with van der Waals surface area (Å²) in [4.78, 5) is 16.3. The van der Waals surface area contributed by atoms with Crippen LogP contribution in [0.1, 0.15) is 57.8 Å². The van der Waals surface area contributed by atoms with E-state index in [2.05, 4.69) is 0 Å². The van der Waals surface area contributed by atoms with E-state index in [0.29, 0.717) is 17.6 Å². The van der Waals surface area contributed by atoms with Crippen LogP contribution in [0, 0.1) is 11.8 Å². The van der Waals surface area contributed by atoms with Crippen LogP contribution >= 0.6 is 0 Å². The van der Waals surface area contributed by atoms with Crippen molar-refractivity contribution in [3.05, 3.63) is 0 Å². The summed E-state index contributed by atoms with van der Waals surface area (Å²) in [6, 6.07) is 0. The largest absolute Gasteiger partial charge is 0.334 e. The topological polar surface area (TPSA) is 26.0 Å². The molecule has 0 aromatic carbocycles. The summed E-state index contributed by atoms with van der Waals surface area (Å²) in [5, 5.41) is 0. The number of quaternary nitrogens is 2. The van der Waals surface area contributed by atoms with Crippen LogP contribution in [-0.4, -0.2) is 45.1 Å². The molecular formula is C18H34N2O+2. The van der Waals surface area contributed by atoms with Crippen LogP contribution < -0.4 is 9.80 Å². The number of rotatable bonds is 4. The summed E-state index contributed by atoms with van der Waals surface area (Å²) in [5.41, 5.74) is 0. The van der Waals surface area contributed by atoms with Crippen molar-refractivity contribution in [3.63, 3.8) is 0 Å². The Morgan fingerprint density at radius 2 is 1.10 bits per heavy atom. The van der Waals surface area contributed by atoms with Gasteiger partial charge in [0.1, 0.15) is 5.78 Å². The van der Waals surface area contributed by atoms with E-state index in [1.807, 2.05) is 0 Å². The first-order valence-electron chi connectivity index (χ1n) is 9.54. The summed E-state index contributed by atoms with van der Waals surface area (Å²) < 4.78 is 0. The molecule has 120 valence electrons. The maximum absolute atomic E-state index is 12.8. The third-order valence-electron chi connectivity index (χ3n) is 6.10. The van der Waals surface area contributed by atoms with Crippen LogP contribution in [0.5, 0.6) is 0 Å². The smallest absolute Gasteiger partial charge is 0.150 e. The molecule has 3 aliphatic rings. The monoisotopic (exact) mass is 294 g/mol. The van der Waals surface area contributed by atoms with Crippen molar-refractivity contribution in [2.24, 2.45) is 11.8 Å². The lowest BCUT2D eigenvalue weighted by atomic mass is 9.79. The van der Waals surface area contributed by atoms with Gasteiger partial charge in [0.05, 0.1) is 51.1 Å². The minimum atomic E-state index is 0.390. The second-order valence-corrected chi connectivity index (χ2v) is 7.76. The molecule has 1 saturated carbocycles. The fourth-order valence-corrected chi connectivity index (χ4v) is 4.84. The number of piperidine rings is 2. The van der Waals surface area contributed by atoms with Crippen LogP contribution in [0.4, 0.5) is 0 Å². The van der Waals surface area contributed by atoms with E-state index in [1.54, 1.807) is 9.80 Å². The highest BCUT2D eigenvalue weighted by atomic mass is 16.1. The quantitative estimate of drug-likeness (QED) is 0.756. The molecule has 0 aromatic heterocycles. The summed E-state index contributed by atoms with van der Waals surface area (Å²) >= 11 is 0. The van der Waals surface area contributed by atoms with Gasteiger partial charge in [-0.15, -0.1) is 0 Å². The predicted octanol–water partition coefficient (Wildman–Crippen LogP) is 0.109. The molecule has 2 atom stereocenters. The summed E-state index contributed by atoms with van der Waals surface area (Å²) in [6.07, 6.45) is 11.9. The van der Waals surface area contributed by atoms with Gasteiger partial charge < -0.3 is 9.80 Å².